The first-order valence-corrected chi connectivity index (χ1v) is 4.97. The van der Waals surface area contributed by atoms with Crippen molar-refractivity contribution in [1.82, 2.24) is 4.57 Å². The fourth-order valence-electron chi connectivity index (χ4n) is 1.93. The second-order valence-corrected chi connectivity index (χ2v) is 3.94. The summed E-state index contributed by atoms with van der Waals surface area (Å²) in [5, 5.41) is 2.57. The summed E-state index contributed by atoms with van der Waals surface area (Å²) in [7, 11) is 1.88. The molecule has 0 aliphatic carbocycles. The fraction of sp³-hybridized carbons (Fsp3) is 0.0909. The van der Waals surface area contributed by atoms with Crippen LogP contribution in [0.3, 0.4) is 0 Å². The van der Waals surface area contributed by atoms with Crippen LogP contribution in [0.4, 0.5) is 5.82 Å². The normalized spacial score (nSPS) is 11.6. The molecule has 0 amide bonds. The van der Waals surface area contributed by atoms with E-state index in [9.17, 15) is 0 Å². The van der Waals surface area contributed by atoms with Gasteiger partial charge >= 0.3 is 0 Å². The minimum atomic E-state index is 0.565. The number of anilines is 1. The third-order valence-electron chi connectivity index (χ3n) is 2.75. The van der Waals surface area contributed by atoms with Crippen molar-refractivity contribution in [1.29, 1.82) is 0 Å². The number of hydrogen-bond acceptors (Lipinski definition) is 2. The standard InChI is InChI=1S/C11H9ClN2O/c1-14-9-7(8(12)11(14)13)3-2-6-4-5-15-10(6)9/h2-5H,13H2,1H3. The van der Waals surface area contributed by atoms with Crippen molar-refractivity contribution in [2.45, 2.75) is 0 Å². The van der Waals surface area contributed by atoms with Crippen molar-refractivity contribution in [3.8, 4) is 0 Å². The summed E-state index contributed by atoms with van der Waals surface area (Å²) in [6.07, 6.45) is 1.67. The van der Waals surface area contributed by atoms with Gasteiger partial charge in [0, 0.05) is 17.8 Å². The lowest BCUT2D eigenvalue weighted by Crippen LogP contribution is -1.95. The van der Waals surface area contributed by atoms with Crippen molar-refractivity contribution in [2.24, 2.45) is 7.05 Å². The first kappa shape index (κ1) is 8.68. The van der Waals surface area contributed by atoms with Crippen LogP contribution in [-0.4, -0.2) is 4.57 Å². The van der Waals surface area contributed by atoms with E-state index < -0.39 is 0 Å². The van der Waals surface area contributed by atoms with E-state index in [1.807, 2.05) is 29.8 Å². The Morgan fingerprint density at radius 3 is 2.93 bits per heavy atom. The van der Waals surface area contributed by atoms with Crippen molar-refractivity contribution in [3.63, 3.8) is 0 Å². The smallest absolute Gasteiger partial charge is 0.158 e. The molecule has 0 unspecified atom stereocenters. The van der Waals surface area contributed by atoms with Crippen molar-refractivity contribution < 1.29 is 4.42 Å². The van der Waals surface area contributed by atoms with Gasteiger partial charge < -0.3 is 14.7 Å². The second-order valence-electron chi connectivity index (χ2n) is 3.56. The molecule has 0 fully saturated rings. The van der Waals surface area contributed by atoms with Crippen molar-refractivity contribution >= 4 is 39.3 Å². The molecule has 0 aliphatic rings. The van der Waals surface area contributed by atoms with Crippen LogP contribution < -0.4 is 5.73 Å². The second kappa shape index (κ2) is 2.70. The van der Waals surface area contributed by atoms with Gasteiger partial charge in [-0.05, 0) is 6.07 Å². The van der Waals surface area contributed by atoms with Crippen LogP contribution in [0.5, 0.6) is 0 Å². The predicted molar refractivity (Wildman–Crippen MR) is 62.1 cm³/mol. The lowest BCUT2D eigenvalue weighted by atomic mass is 10.2. The first-order valence-electron chi connectivity index (χ1n) is 4.59. The van der Waals surface area contributed by atoms with E-state index in [0.717, 1.165) is 21.9 Å². The van der Waals surface area contributed by atoms with E-state index in [1.54, 1.807) is 6.26 Å². The maximum atomic E-state index is 6.13. The van der Waals surface area contributed by atoms with Gasteiger partial charge in [0.25, 0.3) is 0 Å². The molecule has 0 aliphatic heterocycles. The zero-order valence-electron chi connectivity index (χ0n) is 8.12. The van der Waals surface area contributed by atoms with E-state index >= 15 is 0 Å². The van der Waals surface area contributed by atoms with Crippen molar-refractivity contribution in [3.05, 3.63) is 29.5 Å². The molecule has 0 saturated carbocycles. The number of aryl methyl sites for hydroxylation is 1. The SMILES string of the molecule is Cn1c(N)c(Cl)c2ccc3ccoc3c21. The molecule has 2 aromatic heterocycles. The van der Waals surface area contributed by atoms with Gasteiger partial charge in [-0.2, -0.15) is 0 Å². The molecule has 15 heavy (non-hydrogen) atoms. The molecule has 3 rings (SSSR count). The van der Waals surface area contributed by atoms with Crippen LogP contribution >= 0.6 is 11.6 Å². The highest BCUT2D eigenvalue weighted by Gasteiger charge is 2.14. The minimum absolute atomic E-state index is 0.565. The summed E-state index contributed by atoms with van der Waals surface area (Å²) in [4.78, 5) is 0. The average molecular weight is 221 g/mol. The van der Waals surface area contributed by atoms with E-state index in [4.69, 9.17) is 21.8 Å². The Bertz CT molecular complexity index is 666. The first-order chi connectivity index (χ1) is 7.20. The number of benzene rings is 1. The van der Waals surface area contributed by atoms with Gasteiger partial charge in [-0.3, -0.25) is 0 Å². The molecule has 1 aromatic carbocycles. The zero-order chi connectivity index (χ0) is 10.6. The average Bonchev–Trinajstić information content (AvgIpc) is 2.78. The van der Waals surface area contributed by atoms with E-state index in [2.05, 4.69) is 0 Å². The molecule has 2 heterocycles. The Hall–Kier alpha value is -1.61. The fourth-order valence-corrected chi connectivity index (χ4v) is 2.21. The van der Waals surface area contributed by atoms with Gasteiger partial charge in [-0.1, -0.05) is 23.7 Å². The van der Waals surface area contributed by atoms with E-state index in [1.165, 1.54) is 0 Å². The van der Waals surface area contributed by atoms with E-state index in [0.29, 0.717) is 10.8 Å². The Morgan fingerprint density at radius 2 is 2.13 bits per heavy atom. The molecule has 0 atom stereocenters. The highest BCUT2D eigenvalue weighted by molar-refractivity contribution is 6.39. The predicted octanol–water partition coefficient (Wildman–Crippen LogP) is 3.16. The number of hydrogen-bond donors (Lipinski definition) is 1. The Labute approximate surface area is 91.0 Å². The molecule has 3 aromatic rings. The largest absolute Gasteiger partial charge is 0.462 e. The molecular weight excluding hydrogens is 212 g/mol. The van der Waals surface area contributed by atoms with Gasteiger partial charge in [0.1, 0.15) is 5.82 Å². The third-order valence-corrected chi connectivity index (χ3v) is 3.15. The van der Waals surface area contributed by atoms with Crippen LogP contribution in [0.2, 0.25) is 5.02 Å². The van der Waals surface area contributed by atoms with Gasteiger partial charge in [0.15, 0.2) is 5.58 Å². The van der Waals surface area contributed by atoms with Gasteiger partial charge in [0.05, 0.1) is 16.8 Å². The third kappa shape index (κ3) is 0.957. The van der Waals surface area contributed by atoms with Crippen LogP contribution in [0, 0.1) is 0 Å². The number of furan rings is 1. The lowest BCUT2D eigenvalue weighted by molar-refractivity contribution is 0.617. The Kier molecular flexibility index (Phi) is 1.56. The highest BCUT2D eigenvalue weighted by Crippen LogP contribution is 2.36. The van der Waals surface area contributed by atoms with E-state index in [-0.39, 0.29) is 0 Å². The molecular formula is C11H9ClN2O. The summed E-state index contributed by atoms with van der Waals surface area (Å²) in [6, 6.07) is 5.87. The number of nitrogen functional groups attached to an aromatic ring is 1. The quantitative estimate of drug-likeness (QED) is 0.633. The molecule has 2 N–H and O–H groups in total. The molecule has 4 heteroatoms. The van der Waals surface area contributed by atoms with Crippen LogP contribution in [0.1, 0.15) is 0 Å². The maximum absolute atomic E-state index is 6.13. The summed E-state index contributed by atoms with van der Waals surface area (Å²) in [5.41, 5.74) is 7.64. The molecule has 3 nitrogen and oxygen atoms in total. The summed E-state index contributed by atoms with van der Waals surface area (Å²) < 4.78 is 7.30. The molecule has 0 spiro atoms. The topological polar surface area (TPSA) is 44.1 Å². The number of rotatable bonds is 0. The van der Waals surface area contributed by atoms with Crippen LogP contribution in [0.15, 0.2) is 28.9 Å². The minimum Gasteiger partial charge on any atom is -0.462 e. The van der Waals surface area contributed by atoms with Gasteiger partial charge in [0.2, 0.25) is 0 Å². The highest BCUT2D eigenvalue weighted by atomic mass is 35.5. The number of fused-ring (bicyclic) bond motifs is 3. The molecule has 0 saturated heterocycles. The summed E-state index contributed by atoms with van der Waals surface area (Å²) in [6.45, 7) is 0. The number of halogens is 1. The van der Waals surface area contributed by atoms with Crippen LogP contribution in [0.25, 0.3) is 21.9 Å². The molecule has 0 radical (unpaired) electrons. The van der Waals surface area contributed by atoms with Crippen molar-refractivity contribution in [2.75, 3.05) is 5.73 Å². The number of aromatic nitrogens is 1. The maximum Gasteiger partial charge on any atom is 0.158 e. The Morgan fingerprint density at radius 1 is 1.33 bits per heavy atom. The summed E-state index contributed by atoms with van der Waals surface area (Å²) in [5.74, 6) is 0.565. The number of nitrogens with zero attached hydrogens (tertiary/aromatic N) is 1. The van der Waals surface area contributed by atoms with Crippen LogP contribution in [-0.2, 0) is 7.05 Å². The zero-order valence-corrected chi connectivity index (χ0v) is 8.88. The molecule has 76 valence electrons. The number of nitrogens with two attached hydrogens (primary N) is 1. The van der Waals surface area contributed by atoms with Gasteiger partial charge in [-0.25, -0.2) is 0 Å². The van der Waals surface area contributed by atoms with Gasteiger partial charge in [-0.15, -0.1) is 0 Å². The lowest BCUT2D eigenvalue weighted by Gasteiger charge is -1.98. The Balaban J connectivity index is 2.68. The molecule has 0 bridgehead atoms. The summed E-state index contributed by atoms with van der Waals surface area (Å²) >= 11 is 6.13. The monoisotopic (exact) mass is 220 g/mol.